The first-order chi connectivity index (χ1) is 8.72. The summed E-state index contributed by atoms with van der Waals surface area (Å²) in [6, 6.07) is 6.18. The largest absolute Gasteiger partial charge is 0.491 e. The highest BCUT2D eigenvalue weighted by molar-refractivity contribution is 5.73. The minimum Gasteiger partial charge on any atom is -0.491 e. The monoisotopic (exact) mass is 250 g/mol. The van der Waals surface area contributed by atoms with E-state index < -0.39 is 0 Å². The van der Waals surface area contributed by atoms with Gasteiger partial charge in [-0.25, -0.2) is 0 Å². The number of ether oxygens (including phenoxy) is 2. The topological polar surface area (TPSA) is 56.5 Å². The number of hydrogen-bond acceptors (Lipinski definition) is 4. The molecule has 0 aromatic heterocycles. The van der Waals surface area contributed by atoms with Crippen LogP contribution in [-0.2, 0) is 4.74 Å². The van der Waals surface area contributed by atoms with Crippen molar-refractivity contribution in [3.05, 3.63) is 18.2 Å². The van der Waals surface area contributed by atoms with Crippen molar-refractivity contribution in [2.75, 3.05) is 24.3 Å². The summed E-state index contributed by atoms with van der Waals surface area (Å²) in [4.78, 5) is 0. The van der Waals surface area contributed by atoms with E-state index in [1.165, 1.54) is 0 Å². The maximum absolute atomic E-state index is 6.12. The molecule has 0 amide bonds. The first-order valence-corrected chi connectivity index (χ1v) is 6.61. The van der Waals surface area contributed by atoms with Gasteiger partial charge >= 0.3 is 0 Å². The summed E-state index contributed by atoms with van der Waals surface area (Å²) in [5.74, 6) is 0.758. The van der Waals surface area contributed by atoms with Gasteiger partial charge in [-0.05, 0) is 31.9 Å². The van der Waals surface area contributed by atoms with E-state index in [0.29, 0.717) is 18.3 Å². The molecule has 100 valence electrons. The SMILES string of the molecule is CCCOc1cccc(NC2CCOC2C)c1N. The van der Waals surface area contributed by atoms with Crippen molar-refractivity contribution in [1.82, 2.24) is 0 Å². The van der Waals surface area contributed by atoms with E-state index in [1.807, 2.05) is 18.2 Å². The molecule has 1 fully saturated rings. The Kier molecular flexibility index (Phi) is 4.31. The van der Waals surface area contributed by atoms with Crippen LogP contribution in [0.2, 0.25) is 0 Å². The van der Waals surface area contributed by atoms with Crippen LogP contribution in [0.5, 0.6) is 5.75 Å². The molecule has 1 saturated heterocycles. The van der Waals surface area contributed by atoms with Gasteiger partial charge in [0.2, 0.25) is 0 Å². The number of anilines is 2. The molecule has 1 aromatic rings. The third-order valence-electron chi connectivity index (χ3n) is 3.24. The van der Waals surface area contributed by atoms with Crippen LogP contribution in [0.25, 0.3) is 0 Å². The Labute approximate surface area is 108 Å². The lowest BCUT2D eigenvalue weighted by atomic mass is 10.1. The number of benzene rings is 1. The van der Waals surface area contributed by atoms with Crippen molar-refractivity contribution >= 4 is 11.4 Å². The number of rotatable bonds is 5. The molecule has 2 rings (SSSR count). The molecule has 0 spiro atoms. The molecule has 4 heteroatoms. The van der Waals surface area contributed by atoms with E-state index >= 15 is 0 Å². The lowest BCUT2D eigenvalue weighted by molar-refractivity contribution is 0.121. The van der Waals surface area contributed by atoms with Crippen molar-refractivity contribution in [2.45, 2.75) is 38.8 Å². The van der Waals surface area contributed by atoms with Gasteiger partial charge in [0.1, 0.15) is 5.75 Å². The predicted octanol–water partition coefficient (Wildman–Crippen LogP) is 2.65. The molecule has 2 unspecified atom stereocenters. The Morgan fingerprint density at radius 1 is 1.50 bits per heavy atom. The van der Waals surface area contributed by atoms with Crippen molar-refractivity contribution in [3.63, 3.8) is 0 Å². The van der Waals surface area contributed by atoms with Crippen LogP contribution in [0.4, 0.5) is 11.4 Å². The Morgan fingerprint density at radius 3 is 3.00 bits per heavy atom. The van der Waals surface area contributed by atoms with Crippen LogP contribution in [0.1, 0.15) is 26.7 Å². The van der Waals surface area contributed by atoms with Crippen molar-refractivity contribution in [2.24, 2.45) is 0 Å². The predicted molar refractivity (Wildman–Crippen MR) is 74.1 cm³/mol. The second-order valence-corrected chi connectivity index (χ2v) is 4.68. The van der Waals surface area contributed by atoms with Gasteiger partial charge in [-0.15, -0.1) is 0 Å². The van der Waals surface area contributed by atoms with Crippen molar-refractivity contribution in [1.29, 1.82) is 0 Å². The summed E-state index contributed by atoms with van der Waals surface area (Å²) < 4.78 is 11.2. The maximum Gasteiger partial charge on any atom is 0.144 e. The molecule has 0 aliphatic carbocycles. The Hall–Kier alpha value is -1.42. The van der Waals surface area contributed by atoms with E-state index in [4.69, 9.17) is 15.2 Å². The Balaban J connectivity index is 2.07. The number of nitrogens with one attached hydrogen (secondary N) is 1. The molecule has 1 heterocycles. The smallest absolute Gasteiger partial charge is 0.144 e. The molecule has 1 aliphatic rings. The average Bonchev–Trinajstić information content (AvgIpc) is 2.76. The maximum atomic E-state index is 6.12. The van der Waals surface area contributed by atoms with Gasteiger partial charge in [0, 0.05) is 6.61 Å². The molecule has 18 heavy (non-hydrogen) atoms. The third kappa shape index (κ3) is 2.88. The van der Waals surface area contributed by atoms with Crippen LogP contribution in [0.15, 0.2) is 18.2 Å². The van der Waals surface area contributed by atoms with E-state index in [0.717, 1.165) is 30.9 Å². The van der Waals surface area contributed by atoms with Gasteiger partial charge in [-0.3, -0.25) is 0 Å². The minimum absolute atomic E-state index is 0.226. The van der Waals surface area contributed by atoms with Gasteiger partial charge < -0.3 is 20.5 Å². The quantitative estimate of drug-likeness (QED) is 0.789. The van der Waals surface area contributed by atoms with Crippen LogP contribution >= 0.6 is 0 Å². The zero-order chi connectivity index (χ0) is 13.0. The lowest BCUT2D eigenvalue weighted by Crippen LogP contribution is -2.27. The second kappa shape index (κ2) is 5.96. The van der Waals surface area contributed by atoms with Crippen molar-refractivity contribution < 1.29 is 9.47 Å². The average molecular weight is 250 g/mol. The van der Waals surface area contributed by atoms with E-state index in [9.17, 15) is 0 Å². The summed E-state index contributed by atoms with van der Waals surface area (Å²) in [5, 5.41) is 3.45. The first kappa shape index (κ1) is 13.0. The molecule has 4 nitrogen and oxygen atoms in total. The summed E-state index contributed by atoms with van der Waals surface area (Å²) in [6.07, 6.45) is 2.22. The van der Waals surface area contributed by atoms with E-state index in [2.05, 4.69) is 19.2 Å². The van der Waals surface area contributed by atoms with Gasteiger partial charge in [-0.1, -0.05) is 13.0 Å². The van der Waals surface area contributed by atoms with Gasteiger partial charge in [0.05, 0.1) is 30.1 Å². The molecule has 1 aliphatic heterocycles. The fraction of sp³-hybridized carbons (Fsp3) is 0.571. The van der Waals surface area contributed by atoms with Crippen LogP contribution < -0.4 is 15.8 Å². The van der Waals surface area contributed by atoms with Crippen molar-refractivity contribution in [3.8, 4) is 5.75 Å². The minimum atomic E-state index is 0.226. The summed E-state index contributed by atoms with van der Waals surface area (Å²) in [7, 11) is 0. The highest BCUT2D eigenvalue weighted by Gasteiger charge is 2.24. The number of para-hydroxylation sites is 1. The van der Waals surface area contributed by atoms with Crippen LogP contribution in [0, 0.1) is 0 Å². The highest BCUT2D eigenvalue weighted by atomic mass is 16.5. The fourth-order valence-corrected chi connectivity index (χ4v) is 2.13. The lowest BCUT2D eigenvalue weighted by Gasteiger charge is -2.20. The second-order valence-electron chi connectivity index (χ2n) is 4.68. The number of nitrogens with two attached hydrogens (primary N) is 1. The molecule has 1 aromatic carbocycles. The normalized spacial score (nSPS) is 23.0. The van der Waals surface area contributed by atoms with E-state index in [-0.39, 0.29) is 6.10 Å². The molecular formula is C14H22N2O2. The molecule has 0 bridgehead atoms. The third-order valence-corrected chi connectivity index (χ3v) is 3.24. The number of hydrogen-bond donors (Lipinski definition) is 2. The van der Waals surface area contributed by atoms with E-state index in [1.54, 1.807) is 0 Å². The molecular weight excluding hydrogens is 228 g/mol. The van der Waals surface area contributed by atoms with Crippen LogP contribution in [-0.4, -0.2) is 25.4 Å². The molecule has 0 saturated carbocycles. The van der Waals surface area contributed by atoms with Gasteiger partial charge in [0.15, 0.2) is 0 Å². The zero-order valence-corrected chi connectivity index (χ0v) is 11.1. The fourth-order valence-electron chi connectivity index (χ4n) is 2.13. The Bertz CT molecular complexity index is 395. The standard InChI is InChI=1S/C14H22N2O2/c1-3-8-18-13-6-4-5-12(14(13)15)16-11-7-9-17-10(11)2/h4-6,10-11,16H,3,7-9,15H2,1-2H3. The van der Waals surface area contributed by atoms with Gasteiger partial charge in [-0.2, -0.15) is 0 Å². The summed E-state index contributed by atoms with van der Waals surface area (Å²) in [6.45, 7) is 5.66. The molecule has 0 radical (unpaired) electrons. The molecule has 3 N–H and O–H groups in total. The number of nitrogen functional groups attached to an aromatic ring is 1. The van der Waals surface area contributed by atoms with Gasteiger partial charge in [0.25, 0.3) is 0 Å². The highest BCUT2D eigenvalue weighted by Crippen LogP contribution is 2.31. The Morgan fingerprint density at radius 2 is 2.33 bits per heavy atom. The van der Waals surface area contributed by atoms with Crippen LogP contribution in [0.3, 0.4) is 0 Å². The zero-order valence-electron chi connectivity index (χ0n) is 11.1. The molecule has 2 atom stereocenters. The summed E-state index contributed by atoms with van der Waals surface area (Å²) in [5.41, 5.74) is 7.74. The first-order valence-electron chi connectivity index (χ1n) is 6.61. The summed E-state index contributed by atoms with van der Waals surface area (Å²) >= 11 is 0.